The zero-order chi connectivity index (χ0) is 14.7. The highest BCUT2D eigenvalue weighted by atomic mass is 19.1. The summed E-state index contributed by atoms with van der Waals surface area (Å²) in [6.45, 7) is 1.80. The fourth-order valence-electron chi connectivity index (χ4n) is 1.93. The molecule has 20 heavy (non-hydrogen) atoms. The van der Waals surface area contributed by atoms with Crippen molar-refractivity contribution in [1.82, 2.24) is 0 Å². The van der Waals surface area contributed by atoms with E-state index in [4.69, 9.17) is 10.5 Å². The molecule has 2 aromatic rings. The summed E-state index contributed by atoms with van der Waals surface area (Å²) in [7, 11) is 3.88. The van der Waals surface area contributed by atoms with Gasteiger partial charge in [-0.15, -0.1) is 0 Å². The average molecular weight is 274 g/mol. The van der Waals surface area contributed by atoms with E-state index in [1.165, 1.54) is 6.07 Å². The first-order valence-corrected chi connectivity index (χ1v) is 6.48. The normalized spacial score (nSPS) is 12.1. The number of ether oxygens (including phenoxy) is 1. The minimum Gasteiger partial charge on any atom is -0.454 e. The third-order valence-electron chi connectivity index (χ3n) is 3.04. The molecule has 0 radical (unpaired) electrons. The van der Waals surface area contributed by atoms with Crippen LogP contribution in [0, 0.1) is 5.82 Å². The van der Waals surface area contributed by atoms with Crippen LogP contribution in [0.4, 0.5) is 10.1 Å². The summed E-state index contributed by atoms with van der Waals surface area (Å²) >= 11 is 0. The van der Waals surface area contributed by atoms with Gasteiger partial charge in [-0.05, 0) is 25.1 Å². The van der Waals surface area contributed by atoms with Crippen LogP contribution in [-0.2, 0) is 0 Å². The first-order chi connectivity index (χ1) is 9.49. The Kier molecular flexibility index (Phi) is 4.25. The Morgan fingerprint density at radius 2 is 1.85 bits per heavy atom. The number of halogens is 1. The molecule has 0 aliphatic carbocycles. The monoisotopic (exact) mass is 274 g/mol. The molecule has 0 bridgehead atoms. The highest BCUT2D eigenvalue weighted by Gasteiger charge is 2.14. The number of nitrogens with zero attached hydrogens (tertiary/aromatic N) is 1. The highest BCUT2D eigenvalue weighted by molar-refractivity contribution is 5.51. The van der Waals surface area contributed by atoms with E-state index in [2.05, 4.69) is 0 Å². The molecule has 1 atom stereocenters. The minimum absolute atomic E-state index is 0.193. The number of rotatable bonds is 4. The Morgan fingerprint density at radius 1 is 1.15 bits per heavy atom. The number of hydrogen-bond donors (Lipinski definition) is 1. The van der Waals surface area contributed by atoms with Crippen molar-refractivity contribution >= 4 is 5.69 Å². The number of nitrogens with two attached hydrogens (primary N) is 1. The summed E-state index contributed by atoms with van der Waals surface area (Å²) in [6, 6.07) is 12.0. The van der Waals surface area contributed by atoms with Crippen molar-refractivity contribution in [2.45, 2.75) is 13.0 Å². The zero-order valence-corrected chi connectivity index (χ0v) is 11.9. The predicted molar refractivity (Wildman–Crippen MR) is 79.8 cm³/mol. The topological polar surface area (TPSA) is 38.5 Å². The van der Waals surface area contributed by atoms with Gasteiger partial charge in [0.05, 0.1) is 0 Å². The van der Waals surface area contributed by atoms with Crippen LogP contribution in [0.3, 0.4) is 0 Å². The van der Waals surface area contributed by atoms with Crippen molar-refractivity contribution in [3.63, 3.8) is 0 Å². The molecule has 2 N–H and O–H groups in total. The van der Waals surface area contributed by atoms with E-state index in [9.17, 15) is 4.39 Å². The second-order valence-corrected chi connectivity index (χ2v) is 4.94. The molecule has 1 unspecified atom stereocenters. The van der Waals surface area contributed by atoms with Gasteiger partial charge in [-0.1, -0.05) is 18.2 Å². The smallest absolute Gasteiger partial charge is 0.167 e. The molecule has 0 saturated carbocycles. The van der Waals surface area contributed by atoms with Gasteiger partial charge in [0.1, 0.15) is 5.75 Å². The highest BCUT2D eigenvalue weighted by Crippen LogP contribution is 2.32. The molecule has 0 amide bonds. The Labute approximate surface area is 118 Å². The van der Waals surface area contributed by atoms with E-state index in [1.807, 2.05) is 37.2 Å². The number of anilines is 1. The van der Waals surface area contributed by atoms with Gasteiger partial charge in [0.25, 0.3) is 0 Å². The van der Waals surface area contributed by atoms with E-state index < -0.39 is 5.82 Å². The lowest BCUT2D eigenvalue weighted by Gasteiger charge is -2.17. The Morgan fingerprint density at radius 3 is 2.50 bits per heavy atom. The van der Waals surface area contributed by atoms with Crippen LogP contribution in [0.1, 0.15) is 18.5 Å². The predicted octanol–water partition coefficient (Wildman–Crippen LogP) is 3.70. The second-order valence-electron chi connectivity index (χ2n) is 4.94. The SMILES string of the molecule is CC(N)c1cccc(F)c1Oc1cccc(N(C)C)c1. The van der Waals surface area contributed by atoms with E-state index in [1.54, 1.807) is 25.1 Å². The summed E-state index contributed by atoms with van der Waals surface area (Å²) in [6.07, 6.45) is 0. The Balaban J connectivity index is 2.37. The maximum atomic E-state index is 14.0. The molecular formula is C16H19FN2O. The summed E-state index contributed by atoms with van der Waals surface area (Å²) in [5.74, 6) is 0.372. The van der Waals surface area contributed by atoms with E-state index in [0.717, 1.165) is 5.69 Å². The largest absolute Gasteiger partial charge is 0.454 e. The van der Waals surface area contributed by atoms with Gasteiger partial charge >= 0.3 is 0 Å². The zero-order valence-electron chi connectivity index (χ0n) is 11.9. The van der Waals surface area contributed by atoms with Crippen LogP contribution in [0.5, 0.6) is 11.5 Å². The van der Waals surface area contributed by atoms with Crippen molar-refractivity contribution < 1.29 is 9.13 Å². The van der Waals surface area contributed by atoms with Gasteiger partial charge in [0.2, 0.25) is 0 Å². The third kappa shape index (κ3) is 3.08. The van der Waals surface area contributed by atoms with Gasteiger partial charge in [-0.3, -0.25) is 0 Å². The van der Waals surface area contributed by atoms with Crippen LogP contribution in [0.25, 0.3) is 0 Å². The van der Waals surface area contributed by atoms with Crippen molar-refractivity contribution in [2.24, 2.45) is 5.73 Å². The van der Waals surface area contributed by atoms with Crippen molar-refractivity contribution in [1.29, 1.82) is 0 Å². The minimum atomic E-state index is -0.407. The van der Waals surface area contributed by atoms with Crippen molar-refractivity contribution in [2.75, 3.05) is 19.0 Å². The van der Waals surface area contributed by atoms with Crippen LogP contribution < -0.4 is 15.4 Å². The number of para-hydroxylation sites is 1. The molecule has 0 aliphatic rings. The second kappa shape index (κ2) is 5.92. The molecule has 0 aromatic heterocycles. The molecule has 0 aliphatic heterocycles. The lowest BCUT2D eigenvalue weighted by molar-refractivity contribution is 0.433. The Hall–Kier alpha value is -2.07. The molecule has 2 rings (SSSR count). The van der Waals surface area contributed by atoms with Crippen LogP contribution in [0.15, 0.2) is 42.5 Å². The fourth-order valence-corrected chi connectivity index (χ4v) is 1.93. The van der Waals surface area contributed by atoms with E-state index in [0.29, 0.717) is 11.3 Å². The molecule has 3 nitrogen and oxygen atoms in total. The summed E-state index contributed by atoms with van der Waals surface area (Å²) in [5.41, 5.74) is 7.50. The molecule has 106 valence electrons. The quantitative estimate of drug-likeness (QED) is 0.923. The van der Waals surface area contributed by atoms with Gasteiger partial charge in [0.15, 0.2) is 11.6 Å². The molecule has 2 aromatic carbocycles. The Bertz CT molecular complexity index is 597. The summed E-state index contributed by atoms with van der Waals surface area (Å²) in [4.78, 5) is 1.96. The third-order valence-corrected chi connectivity index (χ3v) is 3.04. The fraction of sp³-hybridized carbons (Fsp3) is 0.250. The summed E-state index contributed by atoms with van der Waals surface area (Å²) < 4.78 is 19.7. The lowest BCUT2D eigenvalue weighted by atomic mass is 10.1. The first kappa shape index (κ1) is 14.3. The number of benzene rings is 2. The van der Waals surface area contributed by atoms with Gasteiger partial charge < -0.3 is 15.4 Å². The molecule has 0 saturated heterocycles. The van der Waals surface area contributed by atoms with E-state index in [-0.39, 0.29) is 11.8 Å². The van der Waals surface area contributed by atoms with Gasteiger partial charge in [-0.2, -0.15) is 0 Å². The van der Waals surface area contributed by atoms with Gasteiger partial charge in [0, 0.05) is 37.5 Å². The maximum Gasteiger partial charge on any atom is 0.167 e. The molecule has 0 spiro atoms. The molecule has 4 heteroatoms. The van der Waals surface area contributed by atoms with Gasteiger partial charge in [-0.25, -0.2) is 4.39 Å². The van der Waals surface area contributed by atoms with E-state index >= 15 is 0 Å². The maximum absolute atomic E-state index is 14.0. The number of hydrogen-bond acceptors (Lipinski definition) is 3. The molecule has 0 heterocycles. The van der Waals surface area contributed by atoms with Crippen LogP contribution >= 0.6 is 0 Å². The lowest BCUT2D eigenvalue weighted by Crippen LogP contribution is -2.09. The van der Waals surface area contributed by atoms with Crippen molar-refractivity contribution in [3.05, 3.63) is 53.8 Å². The summed E-state index contributed by atoms with van der Waals surface area (Å²) in [5, 5.41) is 0. The molecular weight excluding hydrogens is 255 g/mol. The first-order valence-electron chi connectivity index (χ1n) is 6.48. The van der Waals surface area contributed by atoms with Crippen LogP contribution in [-0.4, -0.2) is 14.1 Å². The standard InChI is InChI=1S/C16H19FN2O/c1-11(18)14-8-5-9-15(17)16(14)20-13-7-4-6-12(10-13)19(2)3/h4-11H,18H2,1-3H3. The molecule has 0 fully saturated rings. The van der Waals surface area contributed by atoms with Crippen molar-refractivity contribution in [3.8, 4) is 11.5 Å². The average Bonchev–Trinajstić information content (AvgIpc) is 2.41. The van der Waals surface area contributed by atoms with Crippen LogP contribution in [0.2, 0.25) is 0 Å².